The first-order valence-electron chi connectivity index (χ1n) is 3.87. The van der Waals surface area contributed by atoms with Crippen molar-refractivity contribution < 1.29 is 4.63 Å². The van der Waals surface area contributed by atoms with Crippen molar-refractivity contribution in [1.82, 2.24) is 10.3 Å². The second kappa shape index (κ2) is 2.64. The molecule has 1 rings (SSSR count). The van der Waals surface area contributed by atoms with Crippen molar-refractivity contribution in [3.63, 3.8) is 0 Å². The second-order valence-corrected chi connectivity index (χ2v) is 3.44. The Morgan fingerprint density at radius 3 is 2.36 bits per heavy atom. The molecule has 0 aliphatic heterocycles. The molecule has 3 nitrogen and oxygen atoms in total. The highest BCUT2D eigenvalue weighted by molar-refractivity contribution is 5.15. The third kappa shape index (κ3) is 1.42. The van der Waals surface area contributed by atoms with Crippen LogP contribution in [0.1, 0.15) is 38.6 Å². The average Bonchev–Trinajstić information content (AvgIpc) is 2.36. The molecule has 0 N–H and O–H groups in total. The summed E-state index contributed by atoms with van der Waals surface area (Å²) >= 11 is 0. The summed E-state index contributed by atoms with van der Waals surface area (Å²) in [4.78, 5) is 0. The average molecular weight is 154 g/mol. The Hall–Kier alpha value is -0.860. The maximum atomic E-state index is 4.63. The molecule has 0 amide bonds. The molecule has 1 aromatic rings. The summed E-state index contributed by atoms with van der Waals surface area (Å²) in [5, 5.41) is 7.62. The molecular weight excluding hydrogens is 140 g/mol. The van der Waals surface area contributed by atoms with E-state index in [0.29, 0.717) is 0 Å². The number of nitrogens with zero attached hydrogens (tertiary/aromatic N) is 2. The number of aromatic nitrogens is 2. The van der Waals surface area contributed by atoms with E-state index in [4.69, 9.17) is 0 Å². The normalized spacial score (nSPS) is 12.0. The summed E-state index contributed by atoms with van der Waals surface area (Å²) in [7, 11) is 0. The van der Waals surface area contributed by atoms with Crippen molar-refractivity contribution in [1.29, 1.82) is 0 Å². The van der Waals surface area contributed by atoms with E-state index in [-0.39, 0.29) is 5.41 Å². The van der Waals surface area contributed by atoms with Crippen LogP contribution in [0.2, 0.25) is 0 Å². The molecule has 0 saturated carbocycles. The standard InChI is InChI=1S/C8H14N2O/c1-5-8(3,4)7-6(2)9-11-10-7/h5H2,1-4H3. The highest BCUT2D eigenvalue weighted by atomic mass is 16.6. The van der Waals surface area contributed by atoms with Crippen LogP contribution in [0.3, 0.4) is 0 Å². The van der Waals surface area contributed by atoms with E-state index in [2.05, 4.69) is 35.7 Å². The van der Waals surface area contributed by atoms with Crippen LogP contribution in [0.4, 0.5) is 0 Å². The van der Waals surface area contributed by atoms with Gasteiger partial charge in [-0.3, -0.25) is 0 Å². The minimum Gasteiger partial charge on any atom is -0.244 e. The molecule has 0 radical (unpaired) electrons. The molecule has 1 heterocycles. The largest absolute Gasteiger partial charge is 0.244 e. The lowest BCUT2D eigenvalue weighted by molar-refractivity contribution is 0.293. The van der Waals surface area contributed by atoms with Gasteiger partial charge >= 0.3 is 0 Å². The zero-order chi connectivity index (χ0) is 8.48. The molecular formula is C8H14N2O. The first kappa shape index (κ1) is 8.24. The summed E-state index contributed by atoms with van der Waals surface area (Å²) in [5.74, 6) is 0. The smallest absolute Gasteiger partial charge is 0.113 e. The van der Waals surface area contributed by atoms with Gasteiger partial charge in [0.2, 0.25) is 0 Å². The fourth-order valence-corrected chi connectivity index (χ4v) is 1.01. The molecule has 0 aliphatic rings. The van der Waals surface area contributed by atoms with Gasteiger partial charge in [0.15, 0.2) is 0 Å². The summed E-state index contributed by atoms with van der Waals surface area (Å²) in [6, 6.07) is 0. The SMILES string of the molecule is CCC(C)(C)c1nonc1C. The van der Waals surface area contributed by atoms with Gasteiger partial charge in [0.1, 0.15) is 11.4 Å². The summed E-state index contributed by atoms with van der Waals surface area (Å²) in [5.41, 5.74) is 1.96. The fraction of sp³-hybridized carbons (Fsp3) is 0.750. The quantitative estimate of drug-likeness (QED) is 0.654. The van der Waals surface area contributed by atoms with Gasteiger partial charge in [-0.05, 0) is 13.3 Å². The minimum atomic E-state index is 0.0874. The highest BCUT2D eigenvalue weighted by Crippen LogP contribution is 2.26. The van der Waals surface area contributed by atoms with Gasteiger partial charge in [0.05, 0.1) is 0 Å². The molecule has 3 heteroatoms. The van der Waals surface area contributed by atoms with Crippen molar-refractivity contribution in [3.05, 3.63) is 11.4 Å². The zero-order valence-electron chi connectivity index (χ0n) is 7.51. The minimum absolute atomic E-state index is 0.0874. The predicted octanol–water partition coefficient (Wildman–Crippen LogP) is 2.07. The molecule has 0 aliphatic carbocycles. The van der Waals surface area contributed by atoms with Gasteiger partial charge in [-0.25, -0.2) is 4.63 Å². The first-order chi connectivity index (χ1) is 5.08. The van der Waals surface area contributed by atoms with Crippen LogP contribution in [0.25, 0.3) is 0 Å². The summed E-state index contributed by atoms with van der Waals surface area (Å²) in [6.45, 7) is 8.33. The third-order valence-corrected chi connectivity index (χ3v) is 2.18. The molecule has 0 fully saturated rings. The van der Waals surface area contributed by atoms with E-state index in [0.717, 1.165) is 17.8 Å². The fourth-order valence-electron chi connectivity index (χ4n) is 1.01. The molecule has 62 valence electrons. The first-order valence-corrected chi connectivity index (χ1v) is 3.87. The zero-order valence-corrected chi connectivity index (χ0v) is 7.51. The Morgan fingerprint density at radius 2 is 2.00 bits per heavy atom. The van der Waals surface area contributed by atoms with Crippen molar-refractivity contribution >= 4 is 0 Å². The lowest BCUT2D eigenvalue weighted by Crippen LogP contribution is -2.17. The van der Waals surface area contributed by atoms with Gasteiger partial charge in [-0.2, -0.15) is 0 Å². The molecule has 0 aromatic carbocycles. The lowest BCUT2D eigenvalue weighted by Gasteiger charge is -2.18. The predicted molar refractivity (Wildman–Crippen MR) is 42.4 cm³/mol. The summed E-state index contributed by atoms with van der Waals surface area (Å²) in [6.07, 6.45) is 1.04. The monoisotopic (exact) mass is 154 g/mol. The van der Waals surface area contributed by atoms with Gasteiger partial charge in [0.25, 0.3) is 0 Å². The second-order valence-electron chi connectivity index (χ2n) is 3.44. The van der Waals surface area contributed by atoms with E-state index in [1.54, 1.807) is 0 Å². The lowest BCUT2D eigenvalue weighted by atomic mass is 9.85. The maximum absolute atomic E-state index is 4.63. The maximum Gasteiger partial charge on any atom is 0.113 e. The Bertz CT molecular complexity index is 240. The van der Waals surface area contributed by atoms with Crippen LogP contribution in [-0.4, -0.2) is 10.3 Å². The molecule has 11 heavy (non-hydrogen) atoms. The molecule has 0 saturated heterocycles. The molecule has 0 unspecified atom stereocenters. The van der Waals surface area contributed by atoms with Crippen LogP contribution < -0.4 is 0 Å². The van der Waals surface area contributed by atoms with Crippen LogP contribution >= 0.6 is 0 Å². The van der Waals surface area contributed by atoms with Crippen LogP contribution in [-0.2, 0) is 5.41 Å². The van der Waals surface area contributed by atoms with Gasteiger partial charge in [0, 0.05) is 5.41 Å². The summed E-state index contributed by atoms with van der Waals surface area (Å²) < 4.78 is 4.63. The van der Waals surface area contributed by atoms with Crippen LogP contribution in [0.5, 0.6) is 0 Å². The topological polar surface area (TPSA) is 38.9 Å². The number of hydrogen-bond acceptors (Lipinski definition) is 3. The van der Waals surface area contributed by atoms with Crippen LogP contribution in [0.15, 0.2) is 4.63 Å². The molecule has 0 spiro atoms. The Labute approximate surface area is 66.8 Å². The molecule has 0 bridgehead atoms. The van der Waals surface area contributed by atoms with Crippen molar-refractivity contribution in [2.45, 2.75) is 39.5 Å². The van der Waals surface area contributed by atoms with Crippen molar-refractivity contribution in [2.24, 2.45) is 0 Å². The van der Waals surface area contributed by atoms with Gasteiger partial charge in [-0.1, -0.05) is 31.1 Å². The number of hydrogen-bond donors (Lipinski definition) is 0. The Morgan fingerprint density at radius 1 is 1.36 bits per heavy atom. The Balaban J connectivity index is 3.00. The van der Waals surface area contributed by atoms with E-state index in [1.165, 1.54) is 0 Å². The van der Waals surface area contributed by atoms with Gasteiger partial charge < -0.3 is 0 Å². The molecule has 0 atom stereocenters. The van der Waals surface area contributed by atoms with E-state index in [1.807, 2.05) is 6.92 Å². The third-order valence-electron chi connectivity index (χ3n) is 2.18. The number of aryl methyl sites for hydroxylation is 1. The highest BCUT2D eigenvalue weighted by Gasteiger charge is 2.24. The van der Waals surface area contributed by atoms with Crippen LogP contribution in [0, 0.1) is 6.92 Å². The molecule has 1 aromatic heterocycles. The number of rotatable bonds is 2. The van der Waals surface area contributed by atoms with Gasteiger partial charge in [-0.15, -0.1) is 0 Å². The van der Waals surface area contributed by atoms with E-state index >= 15 is 0 Å². The van der Waals surface area contributed by atoms with E-state index in [9.17, 15) is 0 Å². The van der Waals surface area contributed by atoms with Crippen molar-refractivity contribution in [2.75, 3.05) is 0 Å². The van der Waals surface area contributed by atoms with E-state index < -0.39 is 0 Å². The Kier molecular flexibility index (Phi) is 1.98. The van der Waals surface area contributed by atoms with Crippen molar-refractivity contribution in [3.8, 4) is 0 Å².